The van der Waals surface area contributed by atoms with Crippen molar-refractivity contribution in [2.75, 3.05) is 0 Å². The fraction of sp³-hybridized carbons (Fsp3) is 0.556. The fourth-order valence-corrected chi connectivity index (χ4v) is 2.08. The SMILES string of the molecule is Cl.Clc1ncnc2c1CN(C1CC1)C2. The molecule has 5 heteroatoms. The lowest BCUT2D eigenvalue weighted by molar-refractivity contribution is 0.272. The van der Waals surface area contributed by atoms with Crippen molar-refractivity contribution in [1.82, 2.24) is 14.9 Å². The molecule has 1 aromatic heterocycles. The highest BCUT2D eigenvalue weighted by molar-refractivity contribution is 6.30. The van der Waals surface area contributed by atoms with Crippen molar-refractivity contribution in [2.24, 2.45) is 0 Å². The zero-order valence-electron chi connectivity index (χ0n) is 7.61. The van der Waals surface area contributed by atoms with Crippen LogP contribution in [0.3, 0.4) is 0 Å². The molecule has 14 heavy (non-hydrogen) atoms. The molecule has 0 saturated heterocycles. The normalized spacial score (nSPS) is 20.4. The molecule has 0 amide bonds. The molecular formula is C9H11Cl2N3. The monoisotopic (exact) mass is 231 g/mol. The lowest BCUT2D eigenvalue weighted by atomic mass is 10.3. The number of aromatic nitrogens is 2. The molecule has 1 aliphatic heterocycles. The first-order valence-electron chi connectivity index (χ1n) is 4.57. The fourth-order valence-electron chi connectivity index (χ4n) is 1.87. The molecule has 0 unspecified atom stereocenters. The largest absolute Gasteiger partial charge is 0.290 e. The minimum atomic E-state index is 0. The third kappa shape index (κ3) is 1.60. The summed E-state index contributed by atoms with van der Waals surface area (Å²) in [7, 11) is 0. The molecule has 0 bridgehead atoms. The van der Waals surface area contributed by atoms with Crippen molar-refractivity contribution in [3.63, 3.8) is 0 Å². The van der Waals surface area contributed by atoms with Crippen LogP contribution in [0.25, 0.3) is 0 Å². The Kier molecular flexibility index (Phi) is 2.64. The molecule has 3 rings (SSSR count). The Morgan fingerprint density at radius 3 is 2.71 bits per heavy atom. The second kappa shape index (κ2) is 3.65. The van der Waals surface area contributed by atoms with Gasteiger partial charge in [0.15, 0.2) is 0 Å². The van der Waals surface area contributed by atoms with Crippen LogP contribution < -0.4 is 0 Å². The summed E-state index contributed by atoms with van der Waals surface area (Å²) in [6.45, 7) is 1.90. The Hall–Kier alpha value is -0.380. The number of halogens is 2. The van der Waals surface area contributed by atoms with E-state index in [2.05, 4.69) is 14.9 Å². The van der Waals surface area contributed by atoms with E-state index in [0.29, 0.717) is 5.15 Å². The molecule has 0 atom stereocenters. The zero-order chi connectivity index (χ0) is 8.84. The van der Waals surface area contributed by atoms with Crippen LogP contribution in [0.5, 0.6) is 0 Å². The van der Waals surface area contributed by atoms with E-state index in [-0.39, 0.29) is 12.4 Å². The second-order valence-corrected chi connectivity index (χ2v) is 4.08. The number of hydrogen-bond donors (Lipinski definition) is 0. The van der Waals surface area contributed by atoms with Gasteiger partial charge in [0.2, 0.25) is 0 Å². The van der Waals surface area contributed by atoms with Crippen molar-refractivity contribution in [3.8, 4) is 0 Å². The van der Waals surface area contributed by atoms with E-state index in [0.717, 1.165) is 30.4 Å². The number of hydrogen-bond acceptors (Lipinski definition) is 3. The van der Waals surface area contributed by atoms with Crippen LogP contribution in [0.4, 0.5) is 0 Å². The minimum Gasteiger partial charge on any atom is -0.290 e. The molecule has 0 radical (unpaired) electrons. The van der Waals surface area contributed by atoms with Gasteiger partial charge in [0, 0.05) is 24.7 Å². The lowest BCUT2D eigenvalue weighted by Gasteiger charge is -2.11. The number of fused-ring (bicyclic) bond motifs is 1. The lowest BCUT2D eigenvalue weighted by Crippen LogP contribution is -2.18. The van der Waals surface area contributed by atoms with E-state index >= 15 is 0 Å². The van der Waals surface area contributed by atoms with Gasteiger partial charge in [-0.3, -0.25) is 4.90 Å². The predicted octanol–water partition coefficient (Wildman–Crippen LogP) is 2.03. The summed E-state index contributed by atoms with van der Waals surface area (Å²) in [6.07, 6.45) is 4.22. The van der Waals surface area contributed by atoms with E-state index < -0.39 is 0 Å². The Balaban J connectivity index is 0.000000750. The Bertz CT molecular complexity index is 352. The zero-order valence-corrected chi connectivity index (χ0v) is 9.18. The van der Waals surface area contributed by atoms with Gasteiger partial charge in [0.1, 0.15) is 11.5 Å². The summed E-state index contributed by atoms with van der Waals surface area (Å²) in [5.74, 6) is 0. The van der Waals surface area contributed by atoms with Gasteiger partial charge in [-0.15, -0.1) is 12.4 Å². The van der Waals surface area contributed by atoms with Crippen LogP contribution in [0.1, 0.15) is 24.1 Å². The maximum absolute atomic E-state index is 5.98. The van der Waals surface area contributed by atoms with Crippen LogP contribution >= 0.6 is 24.0 Å². The number of nitrogens with zero attached hydrogens (tertiary/aromatic N) is 3. The average Bonchev–Trinajstić information content (AvgIpc) is 2.87. The van der Waals surface area contributed by atoms with Crippen molar-refractivity contribution >= 4 is 24.0 Å². The van der Waals surface area contributed by atoms with Gasteiger partial charge in [-0.05, 0) is 12.8 Å². The van der Waals surface area contributed by atoms with Gasteiger partial charge in [-0.1, -0.05) is 11.6 Å². The van der Waals surface area contributed by atoms with E-state index in [4.69, 9.17) is 11.6 Å². The first-order valence-corrected chi connectivity index (χ1v) is 4.94. The predicted molar refractivity (Wildman–Crippen MR) is 56.6 cm³/mol. The third-order valence-electron chi connectivity index (χ3n) is 2.76. The quantitative estimate of drug-likeness (QED) is 0.693. The summed E-state index contributed by atoms with van der Waals surface area (Å²) in [5, 5.41) is 0.633. The molecule has 1 saturated carbocycles. The molecule has 0 spiro atoms. The third-order valence-corrected chi connectivity index (χ3v) is 3.09. The second-order valence-electron chi connectivity index (χ2n) is 3.73. The number of rotatable bonds is 1. The van der Waals surface area contributed by atoms with Gasteiger partial charge >= 0.3 is 0 Å². The first-order chi connectivity index (χ1) is 6.34. The summed E-state index contributed by atoms with van der Waals surface area (Å²) in [5.41, 5.74) is 2.25. The first kappa shape index (κ1) is 10.1. The van der Waals surface area contributed by atoms with Crippen molar-refractivity contribution < 1.29 is 0 Å². The molecular weight excluding hydrogens is 221 g/mol. The van der Waals surface area contributed by atoms with Crippen molar-refractivity contribution in [3.05, 3.63) is 22.7 Å². The molecule has 2 heterocycles. The standard InChI is InChI=1S/C9H10ClN3.ClH/c10-9-7-3-13(6-1-2-6)4-8(7)11-5-12-9;/h5-6H,1-4H2;1H. The Morgan fingerprint density at radius 1 is 1.29 bits per heavy atom. The Labute approximate surface area is 93.9 Å². The van der Waals surface area contributed by atoms with Gasteiger partial charge in [0.05, 0.1) is 5.69 Å². The highest BCUT2D eigenvalue weighted by atomic mass is 35.5. The van der Waals surface area contributed by atoms with Gasteiger partial charge in [-0.25, -0.2) is 9.97 Å². The smallest absolute Gasteiger partial charge is 0.137 e. The summed E-state index contributed by atoms with van der Waals surface area (Å²) in [6, 6.07) is 0.783. The molecule has 1 fully saturated rings. The van der Waals surface area contributed by atoms with E-state index in [1.165, 1.54) is 12.8 Å². The van der Waals surface area contributed by atoms with Crippen LogP contribution in [0.2, 0.25) is 5.15 Å². The topological polar surface area (TPSA) is 29.0 Å². The van der Waals surface area contributed by atoms with E-state index in [1.807, 2.05) is 0 Å². The van der Waals surface area contributed by atoms with Gasteiger partial charge in [-0.2, -0.15) is 0 Å². The van der Waals surface area contributed by atoms with Gasteiger partial charge < -0.3 is 0 Å². The van der Waals surface area contributed by atoms with Gasteiger partial charge in [0.25, 0.3) is 0 Å². The highest BCUT2D eigenvalue weighted by Gasteiger charge is 2.34. The molecule has 1 aliphatic carbocycles. The van der Waals surface area contributed by atoms with Crippen molar-refractivity contribution in [2.45, 2.75) is 32.0 Å². The minimum absolute atomic E-state index is 0. The summed E-state index contributed by atoms with van der Waals surface area (Å²) < 4.78 is 0. The summed E-state index contributed by atoms with van der Waals surface area (Å²) in [4.78, 5) is 10.7. The maximum Gasteiger partial charge on any atom is 0.137 e. The van der Waals surface area contributed by atoms with Crippen LogP contribution in [0.15, 0.2) is 6.33 Å². The average molecular weight is 232 g/mol. The maximum atomic E-state index is 5.98. The molecule has 76 valence electrons. The molecule has 0 N–H and O–H groups in total. The van der Waals surface area contributed by atoms with E-state index in [1.54, 1.807) is 6.33 Å². The Morgan fingerprint density at radius 2 is 2.07 bits per heavy atom. The van der Waals surface area contributed by atoms with Crippen LogP contribution in [0, 0.1) is 0 Å². The van der Waals surface area contributed by atoms with Crippen LogP contribution in [-0.2, 0) is 13.1 Å². The highest BCUT2D eigenvalue weighted by Crippen LogP contribution is 2.35. The summed E-state index contributed by atoms with van der Waals surface area (Å²) >= 11 is 5.98. The van der Waals surface area contributed by atoms with Crippen LogP contribution in [-0.4, -0.2) is 20.9 Å². The molecule has 0 aromatic carbocycles. The molecule has 3 nitrogen and oxygen atoms in total. The van der Waals surface area contributed by atoms with E-state index in [9.17, 15) is 0 Å². The van der Waals surface area contributed by atoms with Crippen molar-refractivity contribution in [1.29, 1.82) is 0 Å². The molecule has 1 aromatic rings. The molecule has 2 aliphatic rings.